The molecule has 2 atom stereocenters. The standard InChI is InChI=1S/C15H29N3O/c1-11(2)13(10-17(4)5)18-12(3)16-15(14(18)19)8-6-7-9-15/h11-13,16H,6-10H2,1-5H3. The lowest BCUT2D eigenvalue weighted by molar-refractivity contribution is -0.136. The van der Waals surface area contributed by atoms with E-state index in [0.29, 0.717) is 17.9 Å². The third-order valence-electron chi connectivity index (χ3n) is 4.68. The van der Waals surface area contributed by atoms with E-state index in [-0.39, 0.29) is 11.7 Å². The molecular weight excluding hydrogens is 238 g/mol. The fourth-order valence-corrected chi connectivity index (χ4v) is 3.72. The smallest absolute Gasteiger partial charge is 0.244 e. The summed E-state index contributed by atoms with van der Waals surface area (Å²) in [5.74, 6) is 0.824. The minimum atomic E-state index is -0.237. The number of carbonyl (C=O) groups is 1. The van der Waals surface area contributed by atoms with Crippen molar-refractivity contribution >= 4 is 5.91 Å². The van der Waals surface area contributed by atoms with Crippen LogP contribution in [0.3, 0.4) is 0 Å². The van der Waals surface area contributed by atoms with Crippen LogP contribution in [0.4, 0.5) is 0 Å². The van der Waals surface area contributed by atoms with E-state index >= 15 is 0 Å². The summed E-state index contributed by atoms with van der Waals surface area (Å²) in [7, 11) is 4.17. The van der Waals surface area contributed by atoms with Crippen LogP contribution in [0, 0.1) is 5.92 Å². The Labute approximate surface area is 117 Å². The number of rotatable bonds is 4. The van der Waals surface area contributed by atoms with Gasteiger partial charge in [0.05, 0.1) is 11.7 Å². The average molecular weight is 267 g/mol. The fourth-order valence-electron chi connectivity index (χ4n) is 3.72. The van der Waals surface area contributed by atoms with E-state index in [1.165, 1.54) is 12.8 Å². The molecule has 1 heterocycles. The van der Waals surface area contributed by atoms with Crippen molar-refractivity contribution in [1.29, 1.82) is 0 Å². The van der Waals surface area contributed by atoms with Crippen molar-refractivity contribution in [1.82, 2.24) is 15.1 Å². The number of hydrogen-bond acceptors (Lipinski definition) is 3. The Bertz CT molecular complexity index is 334. The minimum absolute atomic E-state index is 0.165. The largest absolute Gasteiger partial charge is 0.321 e. The Morgan fingerprint density at radius 1 is 1.37 bits per heavy atom. The second kappa shape index (κ2) is 5.41. The van der Waals surface area contributed by atoms with Gasteiger partial charge in [-0.2, -0.15) is 0 Å². The number of carbonyl (C=O) groups excluding carboxylic acids is 1. The maximum absolute atomic E-state index is 12.9. The van der Waals surface area contributed by atoms with Crippen LogP contribution in [-0.4, -0.2) is 54.1 Å². The summed E-state index contributed by atoms with van der Waals surface area (Å²) < 4.78 is 0. The van der Waals surface area contributed by atoms with Crippen LogP contribution >= 0.6 is 0 Å². The van der Waals surface area contributed by atoms with E-state index < -0.39 is 0 Å². The zero-order valence-electron chi connectivity index (χ0n) is 13.1. The zero-order chi connectivity index (χ0) is 14.2. The normalized spacial score (nSPS) is 28.1. The van der Waals surface area contributed by atoms with Crippen LogP contribution in [0.5, 0.6) is 0 Å². The molecule has 1 spiro atoms. The molecule has 4 heteroatoms. The molecule has 0 radical (unpaired) electrons. The number of amides is 1. The number of nitrogens with zero attached hydrogens (tertiary/aromatic N) is 2. The van der Waals surface area contributed by atoms with Gasteiger partial charge in [-0.25, -0.2) is 0 Å². The molecule has 0 aromatic rings. The molecule has 19 heavy (non-hydrogen) atoms. The van der Waals surface area contributed by atoms with Crippen molar-refractivity contribution in [3.05, 3.63) is 0 Å². The first-order valence-corrected chi connectivity index (χ1v) is 7.62. The second-order valence-corrected chi connectivity index (χ2v) is 6.90. The van der Waals surface area contributed by atoms with Gasteiger partial charge in [0.15, 0.2) is 0 Å². The highest BCUT2D eigenvalue weighted by Crippen LogP contribution is 2.37. The number of nitrogens with one attached hydrogen (secondary N) is 1. The van der Waals surface area contributed by atoms with Gasteiger partial charge in [-0.1, -0.05) is 26.7 Å². The molecule has 0 aromatic heterocycles. The number of likely N-dealkylation sites (N-methyl/N-ethyl adjacent to an activating group) is 1. The summed E-state index contributed by atoms with van der Waals surface area (Å²) in [6.45, 7) is 7.50. The predicted molar refractivity (Wildman–Crippen MR) is 77.8 cm³/mol. The lowest BCUT2D eigenvalue weighted by Crippen LogP contribution is -2.51. The molecule has 1 saturated heterocycles. The van der Waals surface area contributed by atoms with E-state index in [1.807, 2.05) is 0 Å². The molecule has 2 fully saturated rings. The zero-order valence-corrected chi connectivity index (χ0v) is 13.1. The van der Waals surface area contributed by atoms with Gasteiger partial charge in [0.2, 0.25) is 5.91 Å². The predicted octanol–water partition coefficient (Wildman–Crippen LogP) is 1.66. The highest BCUT2D eigenvalue weighted by molar-refractivity contribution is 5.89. The van der Waals surface area contributed by atoms with Gasteiger partial charge < -0.3 is 9.80 Å². The summed E-state index contributed by atoms with van der Waals surface area (Å²) in [6, 6.07) is 0.296. The van der Waals surface area contributed by atoms with E-state index in [2.05, 4.69) is 50.0 Å². The van der Waals surface area contributed by atoms with Crippen LogP contribution in [0.25, 0.3) is 0 Å². The topological polar surface area (TPSA) is 35.6 Å². The molecule has 110 valence electrons. The van der Waals surface area contributed by atoms with Gasteiger partial charge in [0, 0.05) is 12.6 Å². The third-order valence-corrected chi connectivity index (χ3v) is 4.68. The molecular formula is C15H29N3O. The Balaban J connectivity index is 2.20. The van der Waals surface area contributed by atoms with Gasteiger partial charge in [0.25, 0.3) is 0 Å². The van der Waals surface area contributed by atoms with Crippen LogP contribution < -0.4 is 5.32 Å². The molecule has 4 nitrogen and oxygen atoms in total. The summed E-state index contributed by atoms with van der Waals surface area (Å²) >= 11 is 0. The van der Waals surface area contributed by atoms with Gasteiger partial charge >= 0.3 is 0 Å². The van der Waals surface area contributed by atoms with Gasteiger partial charge in [-0.15, -0.1) is 0 Å². The van der Waals surface area contributed by atoms with Crippen molar-refractivity contribution in [3.8, 4) is 0 Å². The van der Waals surface area contributed by atoms with Gasteiger partial charge in [0.1, 0.15) is 0 Å². The molecule has 2 unspecified atom stereocenters. The first kappa shape index (κ1) is 14.8. The first-order valence-electron chi connectivity index (χ1n) is 7.62. The lowest BCUT2D eigenvalue weighted by Gasteiger charge is -2.36. The highest BCUT2D eigenvalue weighted by atomic mass is 16.2. The fraction of sp³-hybridized carbons (Fsp3) is 0.933. The molecule has 2 aliphatic rings. The van der Waals surface area contributed by atoms with E-state index in [9.17, 15) is 4.79 Å². The molecule has 0 bridgehead atoms. The average Bonchev–Trinajstić information content (AvgIpc) is 2.84. The van der Waals surface area contributed by atoms with Crippen LogP contribution in [0.1, 0.15) is 46.5 Å². The van der Waals surface area contributed by atoms with Crippen LogP contribution in [-0.2, 0) is 4.79 Å². The highest BCUT2D eigenvalue weighted by Gasteiger charge is 2.52. The van der Waals surface area contributed by atoms with Crippen LogP contribution in [0.15, 0.2) is 0 Å². The molecule has 1 N–H and O–H groups in total. The third kappa shape index (κ3) is 2.65. The molecule has 1 saturated carbocycles. The van der Waals surface area contributed by atoms with Crippen LogP contribution in [0.2, 0.25) is 0 Å². The van der Waals surface area contributed by atoms with E-state index in [1.54, 1.807) is 0 Å². The Morgan fingerprint density at radius 2 is 1.95 bits per heavy atom. The van der Waals surface area contributed by atoms with Crippen molar-refractivity contribution in [2.45, 2.75) is 64.2 Å². The quantitative estimate of drug-likeness (QED) is 0.841. The minimum Gasteiger partial charge on any atom is -0.321 e. The monoisotopic (exact) mass is 267 g/mol. The lowest BCUT2D eigenvalue weighted by atomic mass is 9.95. The molecule has 1 aliphatic heterocycles. The summed E-state index contributed by atoms with van der Waals surface area (Å²) in [5, 5.41) is 3.60. The molecule has 2 rings (SSSR count). The van der Waals surface area contributed by atoms with Crippen molar-refractivity contribution in [3.63, 3.8) is 0 Å². The second-order valence-electron chi connectivity index (χ2n) is 6.90. The van der Waals surface area contributed by atoms with Crippen molar-refractivity contribution in [2.75, 3.05) is 20.6 Å². The maximum atomic E-state index is 12.9. The maximum Gasteiger partial charge on any atom is 0.244 e. The number of hydrogen-bond donors (Lipinski definition) is 1. The van der Waals surface area contributed by atoms with Crippen molar-refractivity contribution in [2.24, 2.45) is 5.92 Å². The summed E-state index contributed by atoms with van der Waals surface area (Å²) in [5.41, 5.74) is -0.237. The molecule has 0 aromatic carbocycles. The molecule has 1 aliphatic carbocycles. The van der Waals surface area contributed by atoms with Gasteiger partial charge in [-0.05, 0) is 39.8 Å². The Morgan fingerprint density at radius 3 is 2.42 bits per heavy atom. The summed E-state index contributed by atoms with van der Waals surface area (Å²) in [6.07, 6.45) is 4.55. The van der Waals surface area contributed by atoms with Gasteiger partial charge in [-0.3, -0.25) is 10.1 Å². The molecule has 1 amide bonds. The van der Waals surface area contributed by atoms with E-state index in [4.69, 9.17) is 0 Å². The Hall–Kier alpha value is -0.610. The Kier molecular flexibility index (Phi) is 4.21. The van der Waals surface area contributed by atoms with Crippen molar-refractivity contribution < 1.29 is 4.79 Å². The first-order chi connectivity index (χ1) is 8.87. The summed E-state index contributed by atoms with van der Waals surface area (Å²) in [4.78, 5) is 17.2. The van der Waals surface area contributed by atoms with E-state index in [0.717, 1.165) is 19.4 Å². The SMILES string of the molecule is CC(C)C(CN(C)C)N1C(=O)C2(CCCC2)NC1C.